The number of esters is 1. The molecule has 1 atom stereocenters. The lowest BCUT2D eigenvalue weighted by Crippen LogP contribution is -2.26. The van der Waals surface area contributed by atoms with Crippen molar-refractivity contribution >= 4 is 38.4 Å². The zero-order valence-corrected chi connectivity index (χ0v) is 17.7. The fourth-order valence-electron chi connectivity index (χ4n) is 3.12. The Morgan fingerprint density at radius 3 is 2.44 bits per heavy atom. The minimum atomic E-state index is -1.37. The molecule has 0 aliphatic carbocycles. The molecule has 0 saturated heterocycles. The first-order valence-electron chi connectivity index (χ1n) is 8.47. The van der Waals surface area contributed by atoms with E-state index in [0.717, 1.165) is 5.56 Å². The lowest BCUT2D eigenvalue weighted by molar-refractivity contribution is 0.00652. The molecule has 8 heteroatoms. The fraction of sp³-hybridized carbons (Fsp3) is 0.421. The van der Waals surface area contributed by atoms with Gasteiger partial charge in [0.05, 0.1) is 10.9 Å². The van der Waals surface area contributed by atoms with Crippen LogP contribution in [0.1, 0.15) is 49.3 Å². The number of nitrogens with zero attached hydrogens (tertiary/aromatic N) is 3. The molecule has 0 aliphatic rings. The molecule has 0 amide bonds. The van der Waals surface area contributed by atoms with Gasteiger partial charge in [-0.15, -0.1) is 0 Å². The Morgan fingerprint density at radius 2 is 1.89 bits per heavy atom. The molecule has 7 nitrogen and oxygen atoms in total. The molecule has 1 N–H and O–H groups in total. The summed E-state index contributed by atoms with van der Waals surface area (Å²) in [6, 6.07) is 3.55. The lowest BCUT2D eigenvalue weighted by atomic mass is 10.0. The number of aliphatic hydroxyl groups is 1. The maximum absolute atomic E-state index is 13.0. The van der Waals surface area contributed by atoms with Gasteiger partial charge >= 0.3 is 5.97 Å². The third-order valence-corrected chi connectivity index (χ3v) is 4.60. The molecule has 0 radical (unpaired) electrons. The third kappa shape index (κ3) is 3.39. The Labute approximate surface area is 164 Å². The Hall–Kier alpha value is -2.19. The first-order chi connectivity index (χ1) is 12.3. The van der Waals surface area contributed by atoms with Crippen LogP contribution in [0, 0.1) is 6.92 Å². The van der Waals surface area contributed by atoms with Crippen molar-refractivity contribution in [1.29, 1.82) is 0 Å². The molecule has 27 heavy (non-hydrogen) atoms. The molecule has 3 aromatic rings. The summed E-state index contributed by atoms with van der Waals surface area (Å²) in [5, 5.41) is 11.0. The zero-order valence-electron chi connectivity index (χ0n) is 16.1. The third-order valence-electron chi connectivity index (χ3n) is 4.17. The number of imidazole rings is 1. The molecule has 0 spiro atoms. The lowest BCUT2D eigenvalue weighted by Gasteiger charge is -2.21. The van der Waals surface area contributed by atoms with Gasteiger partial charge in [0.2, 0.25) is 0 Å². The topological polar surface area (TPSA) is 85.8 Å². The molecule has 0 saturated carbocycles. The largest absolute Gasteiger partial charge is 0.455 e. The molecule has 2 heterocycles. The van der Waals surface area contributed by atoms with E-state index in [1.54, 1.807) is 51.3 Å². The summed E-state index contributed by atoms with van der Waals surface area (Å²) in [5.41, 5.74) is 1.21. The maximum Gasteiger partial charge on any atom is 0.361 e. The van der Waals surface area contributed by atoms with E-state index >= 15 is 0 Å². The highest BCUT2D eigenvalue weighted by Crippen LogP contribution is 2.34. The van der Waals surface area contributed by atoms with Crippen LogP contribution in [0.2, 0.25) is 0 Å². The summed E-state index contributed by atoms with van der Waals surface area (Å²) in [7, 11) is 1.58. The van der Waals surface area contributed by atoms with Gasteiger partial charge in [-0.2, -0.15) is 0 Å². The van der Waals surface area contributed by atoms with Crippen LogP contribution in [0.15, 0.2) is 23.3 Å². The van der Waals surface area contributed by atoms with Crippen molar-refractivity contribution in [2.24, 2.45) is 7.05 Å². The molecule has 2 aromatic heterocycles. The van der Waals surface area contributed by atoms with Crippen molar-refractivity contribution in [1.82, 2.24) is 14.0 Å². The average Bonchev–Trinajstić information content (AvgIpc) is 2.94. The number of benzene rings is 1. The first kappa shape index (κ1) is 19.6. The van der Waals surface area contributed by atoms with Crippen LogP contribution >= 0.6 is 15.9 Å². The second-order valence-corrected chi connectivity index (χ2v) is 9.36. The molecule has 1 unspecified atom stereocenters. The predicted molar refractivity (Wildman–Crippen MR) is 106 cm³/mol. The SMILES string of the molecule is Cc1cc(C(C)(O)Br)c2c(c1)c(=O)n(C)c1c(C(=O)OC(C)(C)C)ncn21. The number of rotatable bonds is 2. The minimum Gasteiger partial charge on any atom is -0.455 e. The van der Waals surface area contributed by atoms with Gasteiger partial charge in [-0.1, -0.05) is 6.07 Å². The van der Waals surface area contributed by atoms with Crippen LogP contribution in [0.4, 0.5) is 0 Å². The number of carbonyl (C=O) groups is 1. The summed E-state index contributed by atoms with van der Waals surface area (Å²) in [6.45, 7) is 8.73. The van der Waals surface area contributed by atoms with E-state index in [0.29, 0.717) is 22.1 Å². The Bertz CT molecular complexity index is 1130. The zero-order chi connectivity index (χ0) is 20.3. The highest BCUT2D eigenvalue weighted by atomic mass is 79.9. The highest BCUT2D eigenvalue weighted by molar-refractivity contribution is 9.09. The molecule has 144 valence electrons. The van der Waals surface area contributed by atoms with Gasteiger partial charge in [0.25, 0.3) is 5.56 Å². The van der Waals surface area contributed by atoms with Crippen LogP contribution in [-0.4, -0.2) is 30.6 Å². The van der Waals surface area contributed by atoms with E-state index < -0.39 is 16.1 Å². The normalized spacial score (nSPS) is 14.5. The number of aryl methyl sites for hydroxylation is 2. The van der Waals surface area contributed by atoms with E-state index in [9.17, 15) is 14.7 Å². The van der Waals surface area contributed by atoms with E-state index in [-0.39, 0.29) is 11.3 Å². The summed E-state index contributed by atoms with van der Waals surface area (Å²) < 4.78 is 7.07. The quantitative estimate of drug-likeness (QED) is 0.493. The van der Waals surface area contributed by atoms with Crippen molar-refractivity contribution in [3.8, 4) is 0 Å². The second kappa shape index (κ2) is 6.17. The van der Waals surface area contributed by atoms with Crippen molar-refractivity contribution in [3.05, 3.63) is 45.6 Å². The van der Waals surface area contributed by atoms with Gasteiger partial charge in [0.15, 0.2) is 11.3 Å². The van der Waals surface area contributed by atoms with Gasteiger partial charge < -0.3 is 9.84 Å². The highest BCUT2D eigenvalue weighted by Gasteiger charge is 2.28. The van der Waals surface area contributed by atoms with Gasteiger partial charge in [-0.25, -0.2) is 9.78 Å². The van der Waals surface area contributed by atoms with E-state index in [2.05, 4.69) is 20.9 Å². The standard InChI is InChI=1S/C19H22BrN3O4/c1-10-7-11-14(12(8-10)19(5,20)26)23-9-21-13(15(23)22(6)16(11)24)17(25)27-18(2,3)4/h7-9,26H,1-6H3. The molecular weight excluding hydrogens is 414 g/mol. The minimum absolute atomic E-state index is 0.0483. The van der Waals surface area contributed by atoms with Crippen molar-refractivity contribution < 1.29 is 14.6 Å². The summed E-state index contributed by atoms with van der Waals surface area (Å²) >= 11 is 3.27. The predicted octanol–water partition coefficient (Wildman–Crippen LogP) is 3.01. The average molecular weight is 436 g/mol. The Morgan fingerprint density at radius 1 is 1.26 bits per heavy atom. The smallest absolute Gasteiger partial charge is 0.361 e. The Kier molecular flexibility index (Phi) is 4.47. The number of ether oxygens (including phenoxy) is 1. The maximum atomic E-state index is 13.0. The second-order valence-electron chi connectivity index (χ2n) is 7.81. The number of hydrogen-bond donors (Lipinski definition) is 1. The van der Waals surface area contributed by atoms with Gasteiger partial charge in [-0.3, -0.25) is 13.8 Å². The summed E-state index contributed by atoms with van der Waals surface area (Å²) in [4.78, 5) is 29.8. The molecule has 1 aromatic carbocycles. The van der Waals surface area contributed by atoms with Crippen LogP contribution < -0.4 is 5.56 Å². The van der Waals surface area contributed by atoms with Gasteiger partial charge in [0.1, 0.15) is 16.4 Å². The molecule has 0 aliphatic heterocycles. The number of halogens is 1. The van der Waals surface area contributed by atoms with Crippen LogP contribution in [0.5, 0.6) is 0 Å². The van der Waals surface area contributed by atoms with Gasteiger partial charge in [0, 0.05) is 12.6 Å². The fourth-order valence-corrected chi connectivity index (χ4v) is 3.42. The monoisotopic (exact) mass is 435 g/mol. The van der Waals surface area contributed by atoms with E-state index in [1.807, 2.05) is 6.92 Å². The number of aromatic nitrogens is 3. The molecule has 3 rings (SSSR count). The number of fused-ring (bicyclic) bond motifs is 3. The summed E-state index contributed by atoms with van der Waals surface area (Å²) in [6.07, 6.45) is 1.47. The first-order valence-corrected chi connectivity index (χ1v) is 9.26. The molecule has 0 fully saturated rings. The van der Waals surface area contributed by atoms with Crippen molar-refractivity contribution in [2.75, 3.05) is 0 Å². The van der Waals surface area contributed by atoms with Crippen LogP contribution in [0.25, 0.3) is 16.6 Å². The number of hydrogen-bond acceptors (Lipinski definition) is 5. The molecule has 0 bridgehead atoms. The Balaban J connectivity index is 2.46. The van der Waals surface area contributed by atoms with Crippen LogP contribution in [-0.2, 0) is 16.3 Å². The van der Waals surface area contributed by atoms with Crippen molar-refractivity contribution in [3.63, 3.8) is 0 Å². The molecular formula is C19H22BrN3O4. The van der Waals surface area contributed by atoms with Crippen molar-refractivity contribution in [2.45, 2.75) is 44.7 Å². The van der Waals surface area contributed by atoms with E-state index in [1.165, 1.54) is 10.9 Å². The summed E-state index contributed by atoms with van der Waals surface area (Å²) in [5.74, 6) is -0.612. The number of carbonyl (C=O) groups excluding carboxylic acids is 1. The van der Waals surface area contributed by atoms with Gasteiger partial charge in [-0.05, 0) is 62.2 Å². The number of alkyl halides is 1. The van der Waals surface area contributed by atoms with Crippen LogP contribution in [0.3, 0.4) is 0 Å². The van der Waals surface area contributed by atoms with E-state index in [4.69, 9.17) is 4.74 Å².